The van der Waals surface area contributed by atoms with E-state index < -0.39 is 0 Å². The Bertz CT molecular complexity index is 1310. The van der Waals surface area contributed by atoms with Gasteiger partial charge in [-0.3, -0.25) is 10.1 Å². The van der Waals surface area contributed by atoms with E-state index in [0.717, 1.165) is 34.4 Å². The van der Waals surface area contributed by atoms with E-state index in [9.17, 15) is 4.79 Å². The SMILES string of the molecule is CCc1ccc(C(=O)NC(=S)Nc2cc3nn(-c4ccc(C(C)C)cc4)nc3cc2C)cc1. The van der Waals surface area contributed by atoms with Crippen LogP contribution in [0.15, 0.2) is 60.7 Å². The Kier molecular flexibility index (Phi) is 6.51. The van der Waals surface area contributed by atoms with Gasteiger partial charge in [0.15, 0.2) is 5.11 Å². The highest BCUT2D eigenvalue weighted by molar-refractivity contribution is 7.80. The van der Waals surface area contributed by atoms with Gasteiger partial charge in [0, 0.05) is 11.3 Å². The molecule has 6 nitrogen and oxygen atoms in total. The molecule has 0 radical (unpaired) electrons. The minimum absolute atomic E-state index is 0.235. The van der Waals surface area contributed by atoms with Gasteiger partial charge >= 0.3 is 0 Å². The highest BCUT2D eigenvalue weighted by atomic mass is 32.1. The Morgan fingerprint density at radius 3 is 2.24 bits per heavy atom. The van der Waals surface area contributed by atoms with Crippen molar-refractivity contribution in [2.24, 2.45) is 0 Å². The standard InChI is InChI=1S/C26H27N5OS/c1-5-18-6-8-20(9-7-18)25(32)28-26(33)27-22-15-24-23(14-17(22)4)29-31(30-24)21-12-10-19(11-13-21)16(2)3/h6-16H,5H2,1-4H3,(H2,27,28,32,33). The van der Waals surface area contributed by atoms with Crippen LogP contribution in [0.1, 0.15) is 53.7 Å². The highest BCUT2D eigenvalue weighted by Crippen LogP contribution is 2.23. The molecule has 0 bridgehead atoms. The molecule has 4 aromatic rings. The molecule has 0 saturated heterocycles. The van der Waals surface area contributed by atoms with Crippen LogP contribution in [0.2, 0.25) is 0 Å². The van der Waals surface area contributed by atoms with Crippen LogP contribution in [-0.4, -0.2) is 26.0 Å². The van der Waals surface area contributed by atoms with Gasteiger partial charge in [0.05, 0.1) is 5.69 Å². The quantitative estimate of drug-likeness (QED) is 0.385. The lowest BCUT2D eigenvalue weighted by Gasteiger charge is -2.12. The number of carbonyl (C=O) groups is 1. The summed E-state index contributed by atoms with van der Waals surface area (Å²) in [5, 5.41) is 15.3. The largest absolute Gasteiger partial charge is 0.332 e. The van der Waals surface area contributed by atoms with E-state index >= 15 is 0 Å². The van der Waals surface area contributed by atoms with Crippen molar-refractivity contribution in [1.82, 2.24) is 20.3 Å². The van der Waals surface area contributed by atoms with E-state index in [-0.39, 0.29) is 11.0 Å². The zero-order chi connectivity index (χ0) is 23.5. The van der Waals surface area contributed by atoms with Gasteiger partial charge in [-0.25, -0.2) is 0 Å². The molecule has 0 unspecified atom stereocenters. The van der Waals surface area contributed by atoms with Crippen LogP contribution in [0.5, 0.6) is 0 Å². The molecule has 7 heteroatoms. The van der Waals surface area contributed by atoms with Gasteiger partial charge in [0.1, 0.15) is 11.0 Å². The van der Waals surface area contributed by atoms with Gasteiger partial charge in [-0.05, 0) is 84.6 Å². The van der Waals surface area contributed by atoms with Crippen LogP contribution < -0.4 is 10.6 Å². The molecule has 0 spiro atoms. The number of anilines is 1. The highest BCUT2D eigenvalue weighted by Gasteiger charge is 2.12. The molecule has 1 amide bonds. The van der Waals surface area contributed by atoms with Gasteiger partial charge in [-0.1, -0.05) is 45.0 Å². The van der Waals surface area contributed by atoms with Crippen LogP contribution in [0.4, 0.5) is 5.69 Å². The minimum atomic E-state index is -0.246. The summed E-state index contributed by atoms with van der Waals surface area (Å²) in [6.07, 6.45) is 0.928. The summed E-state index contributed by atoms with van der Waals surface area (Å²) in [6.45, 7) is 8.38. The van der Waals surface area contributed by atoms with Crippen molar-refractivity contribution in [3.8, 4) is 5.69 Å². The maximum atomic E-state index is 12.5. The fraction of sp³-hybridized carbons (Fsp3) is 0.231. The van der Waals surface area contributed by atoms with Crippen molar-refractivity contribution in [1.29, 1.82) is 0 Å². The smallest absolute Gasteiger partial charge is 0.257 e. The number of hydrogen-bond donors (Lipinski definition) is 2. The predicted molar refractivity (Wildman–Crippen MR) is 137 cm³/mol. The zero-order valence-electron chi connectivity index (χ0n) is 19.2. The third kappa shape index (κ3) is 5.09. The predicted octanol–water partition coefficient (Wildman–Crippen LogP) is 5.54. The number of fused-ring (bicyclic) bond motifs is 1. The summed E-state index contributed by atoms with van der Waals surface area (Å²) in [4.78, 5) is 14.1. The summed E-state index contributed by atoms with van der Waals surface area (Å²) in [5.74, 6) is 0.227. The van der Waals surface area contributed by atoms with Crippen molar-refractivity contribution in [3.63, 3.8) is 0 Å². The Morgan fingerprint density at radius 2 is 1.64 bits per heavy atom. The Hall–Kier alpha value is -3.58. The topological polar surface area (TPSA) is 71.8 Å². The second-order valence-electron chi connectivity index (χ2n) is 8.35. The third-order valence-corrected chi connectivity index (χ3v) is 5.82. The van der Waals surface area contributed by atoms with Gasteiger partial charge in [0.25, 0.3) is 5.91 Å². The maximum absolute atomic E-state index is 12.5. The number of hydrogen-bond acceptors (Lipinski definition) is 4. The lowest BCUT2D eigenvalue weighted by atomic mass is 10.0. The number of rotatable bonds is 5. The first-order valence-corrected chi connectivity index (χ1v) is 11.4. The molecule has 1 heterocycles. The van der Waals surface area contributed by atoms with Gasteiger partial charge in [0.2, 0.25) is 0 Å². The van der Waals surface area contributed by atoms with Crippen LogP contribution in [0, 0.1) is 6.92 Å². The molecule has 0 saturated carbocycles. The molecule has 0 aliphatic heterocycles. The van der Waals surface area contributed by atoms with Crippen molar-refractivity contribution in [2.75, 3.05) is 5.32 Å². The van der Waals surface area contributed by atoms with Crippen LogP contribution in [0.3, 0.4) is 0 Å². The molecular weight excluding hydrogens is 430 g/mol. The molecule has 0 aliphatic rings. The zero-order valence-corrected chi connectivity index (χ0v) is 20.0. The third-order valence-electron chi connectivity index (χ3n) is 5.62. The van der Waals surface area contributed by atoms with Crippen molar-refractivity contribution < 1.29 is 4.79 Å². The molecular formula is C26H27N5OS. The normalized spacial score (nSPS) is 11.1. The first-order chi connectivity index (χ1) is 15.8. The van der Waals surface area contributed by atoms with Crippen molar-refractivity contribution >= 4 is 40.0 Å². The molecule has 2 N–H and O–H groups in total. The average Bonchev–Trinajstić information content (AvgIpc) is 3.22. The molecule has 168 valence electrons. The summed E-state index contributed by atoms with van der Waals surface area (Å²) in [6, 6.07) is 19.6. The van der Waals surface area contributed by atoms with Crippen molar-refractivity contribution in [2.45, 2.75) is 40.0 Å². The van der Waals surface area contributed by atoms with Crippen LogP contribution >= 0.6 is 12.2 Å². The summed E-state index contributed by atoms with van der Waals surface area (Å²) < 4.78 is 0. The molecule has 0 atom stereocenters. The molecule has 1 aromatic heterocycles. The van der Waals surface area contributed by atoms with E-state index in [0.29, 0.717) is 11.5 Å². The van der Waals surface area contributed by atoms with Gasteiger partial charge in [-0.15, -0.1) is 10.2 Å². The monoisotopic (exact) mass is 457 g/mol. The van der Waals surface area contributed by atoms with E-state index in [1.165, 1.54) is 11.1 Å². The molecule has 4 rings (SSSR count). The van der Waals surface area contributed by atoms with E-state index in [4.69, 9.17) is 12.2 Å². The number of nitrogens with one attached hydrogen (secondary N) is 2. The Labute approximate surface area is 199 Å². The average molecular weight is 458 g/mol. The summed E-state index contributed by atoms with van der Waals surface area (Å²) >= 11 is 5.37. The van der Waals surface area contributed by atoms with Crippen LogP contribution in [0.25, 0.3) is 16.7 Å². The molecule has 0 aliphatic carbocycles. The molecule has 0 fully saturated rings. The first kappa shape index (κ1) is 22.6. The van der Waals surface area contributed by atoms with E-state index in [2.05, 4.69) is 53.7 Å². The Morgan fingerprint density at radius 1 is 1.00 bits per heavy atom. The van der Waals surface area contributed by atoms with Crippen LogP contribution in [-0.2, 0) is 6.42 Å². The van der Waals surface area contributed by atoms with E-state index in [1.54, 1.807) is 16.9 Å². The Balaban J connectivity index is 1.50. The fourth-order valence-corrected chi connectivity index (χ4v) is 3.73. The minimum Gasteiger partial charge on any atom is -0.332 e. The number of amides is 1. The number of aromatic nitrogens is 3. The number of aryl methyl sites for hydroxylation is 2. The molecule has 33 heavy (non-hydrogen) atoms. The van der Waals surface area contributed by atoms with E-state index in [1.807, 2.05) is 43.3 Å². The number of benzene rings is 3. The summed E-state index contributed by atoms with van der Waals surface area (Å²) in [7, 11) is 0. The number of nitrogens with zero attached hydrogens (tertiary/aromatic N) is 3. The van der Waals surface area contributed by atoms with Crippen molar-refractivity contribution in [3.05, 3.63) is 82.9 Å². The lowest BCUT2D eigenvalue weighted by Crippen LogP contribution is -2.34. The number of carbonyl (C=O) groups excluding carboxylic acids is 1. The maximum Gasteiger partial charge on any atom is 0.257 e. The number of thiocarbonyl (C=S) groups is 1. The first-order valence-electron chi connectivity index (χ1n) is 11.0. The molecule has 3 aromatic carbocycles. The fourth-order valence-electron chi connectivity index (χ4n) is 3.53. The van der Waals surface area contributed by atoms with Gasteiger partial charge in [-0.2, -0.15) is 4.80 Å². The lowest BCUT2D eigenvalue weighted by molar-refractivity contribution is 0.0977. The second-order valence-corrected chi connectivity index (χ2v) is 8.76. The second kappa shape index (κ2) is 9.50. The van der Waals surface area contributed by atoms with Gasteiger partial charge < -0.3 is 5.32 Å². The summed E-state index contributed by atoms with van der Waals surface area (Å²) in [5.41, 5.74) is 7.17.